The number of primary amides is 1. The van der Waals surface area contributed by atoms with Gasteiger partial charge in [-0.05, 0) is 0 Å². The maximum atomic E-state index is 9.75. The predicted molar refractivity (Wildman–Crippen MR) is 29.2 cm³/mol. The van der Waals surface area contributed by atoms with Crippen LogP contribution in [0.4, 0.5) is 4.79 Å². The fourth-order valence-electron chi connectivity index (χ4n) is 0.118. The Labute approximate surface area is 51.4 Å². The molecule has 0 aliphatic rings. The number of ether oxygens (including phenoxy) is 1. The number of nitrogens with two attached hydrogens (primary N) is 1. The second-order valence-electron chi connectivity index (χ2n) is 0.831. The molecule has 0 aliphatic heterocycles. The second kappa shape index (κ2) is 4.24. The molecule has 0 aliphatic carbocycles. The molecule has 0 aromatic heterocycles. The van der Waals surface area contributed by atoms with Crippen LogP contribution in [-0.4, -0.2) is 6.09 Å². The van der Waals surface area contributed by atoms with Gasteiger partial charge in [-0.2, -0.15) is 0 Å². The van der Waals surface area contributed by atoms with Crippen molar-refractivity contribution in [3.8, 4) is 0 Å². The van der Waals surface area contributed by atoms with Gasteiger partial charge in [0, 0.05) is 5.54 Å². The SMILES string of the molecule is NC(=O)OC=C=CCl. The van der Waals surface area contributed by atoms with Crippen LogP contribution in [0.5, 0.6) is 0 Å². The number of carbonyl (C=O) groups is 1. The molecule has 0 fully saturated rings. The van der Waals surface area contributed by atoms with Gasteiger partial charge < -0.3 is 10.5 Å². The van der Waals surface area contributed by atoms with Gasteiger partial charge in [0.05, 0.1) is 0 Å². The fraction of sp³-hybridized carbons (Fsp3) is 0. The molecule has 0 atom stereocenters. The van der Waals surface area contributed by atoms with Crippen LogP contribution in [0.1, 0.15) is 0 Å². The van der Waals surface area contributed by atoms with Crippen LogP contribution in [0, 0.1) is 0 Å². The summed E-state index contributed by atoms with van der Waals surface area (Å²) < 4.78 is 4.07. The molecule has 0 saturated carbocycles. The molecule has 0 radical (unpaired) electrons. The summed E-state index contributed by atoms with van der Waals surface area (Å²) in [6, 6.07) is 0. The molecule has 2 N–H and O–H groups in total. The predicted octanol–water partition coefficient (Wildman–Crippen LogP) is 0.947. The maximum Gasteiger partial charge on any atom is 0.409 e. The standard InChI is InChI=1S/C4H4ClNO2/c5-2-1-3-8-4(6)7/h2-3H,(H2,6,7). The first-order valence-corrected chi connectivity index (χ1v) is 2.16. The zero-order valence-electron chi connectivity index (χ0n) is 3.93. The van der Waals surface area contributed by atoms with E-state index in [0.717, 1.165) is 11.8 Å². The minimum atomic E-state index is -0.879. The summed E-state index contributed by atoms with van der Waals surface area (Å²) in [5.74, 6) is 0. The Morgan fingerprint density at radius 1 is 1.88 bits per heavy atom. The molecule has 4 heteroatoms. The number of hydrogen-bond donors (Lipinski definition) is 1. The number of halogens is 1. The largest absolute Gasteiger partial charge is 0.410 e. The van der Waals surface area contributed by atoms with Crippen molar-refractivity contribution in [3.05, 3.63) is 17.5 Å². The first-order chi connectivity index (χ1) is 3.77. The molecule has 3 nitrogen and oxygen atoms in total. The van der Waals surface area contributed by atoms with E-state index in [1.165, 1.54) is 0 Å². The quantitative estimate of drug-likeness (QED) is 0.428. The first-order valence-electron chi connectivity index (χ1n) is 1.73. The molecule has 0 unspecified atom stereocenters. The molecule has 0 rings (SSSR count). The van der Waals surface area contributed by atoms with Crippen molar-refractivity contribution < 1.29 is 9.53 Å². The highest BCUT2D eigenvalue weighted by Gasteiger charge is 1.81. The molecular formula is C4H4ClNO2. The molecule has 0 bridgehead atoms. The van der Waals surface area contributed by atoms with Gasteiger partial charge in [-0.1, -0.05) is 17.3 Å². The van der Waals surface area contributed by atoms with E-state index in [-0.39, 0.29) is 0 Å². The summed E-state index contributed by atoms with van der Waals surface area (Å²) in [4.78, 5) is 9.75. The average molecular weight is 134 g/mol. The lowest BCUT2D eigenvalue weighted by molar-refractivity contribution is 0.196. The summed E-state index contributed by atoms with van der Waals surface area (Å²) in [6.45, 7) is 0. The second-order valence-corrected chi connectivity index (χ2v) is 1.05. The molecule has 1 amide bonds. The number of hydrogen-bond acceptors (Lipinski definition) is 2. The number of rotatable bonds is 1. The fourth-order valence-corrected chi connectivity index (χ4v) is 0.169. The van der Waals surface area contributed by atoms with Gasteiger partial charge in [0.2, 0.25) is 0 Å². The van der Waals surface area contributed by atoms with Gasteiger partial charge in [0.1, 0.15) is 6.26 Å². The molecular weight excluding hydrogens is 130 g/mol. The van der Waals surface area contributed by atoms with E-state index in [0.29, 0.717) is 0 Å². The average Bonchev–Trinajstić information content (AvgIpc) is 1.66. The lowest BCUT2D eigenvalue weighted by Crippen LogP contribution is -2.08. The molecule has 0 spiro atoms. The lowest BCUT2D eigenvalue weighted by Gasteiger charge is -1.83. The van der Waals surface area contributed by atoms with Crippen LogP contribution >= 0.6 is 11.6 Å². The Kier molecular flexibility index (Phi) is 3.76. The van der Waals surface area contributed by atoms with Crippen LogP contribution in [0.15, 0.2) is 17.5 Å². The van der Waals surface area contributed by atoms with Gasteiger partial charge in [-0.3, -0.25) is 0 Å². The Morgan fingerprint density at radius 2 is 2.50 bits per heavy atom. The van der Waals surface area contributed by atoms with Gasteiger partial charge in [-0.25, -0.2) is 4.79 Å². The Balaban J connectivity index is 3.45. The smallest absolute Gasteiger partial charge is 0.409 e. The highest BCUT2D eigenvalue weighted by molar-refractivity contribution is 6.25. The van der Waals surface area contributed by atoms with Crippen LogP contribution < -0.4 is 5.73 Å². The summed E-state index contributed by atoms with van der Waals surface area (Å²) in [5, 5.41) is 0. The van der Waals surface area contributed by atoms with E-state index in [9.17, 15) is 4.79 Å². The Morgan fingerprint density at radius 3 is 2.88 bits per heavy atom. The van der Waals surface area contributed by atoms with Crippen LogP contribution in [0.2, 0.25) is 0 Å². The van der Waals surface area contributed by atoms with E-state index < -0.39 is 6.09 Å². The van der Waals surface area contributed by atoms with Gasteiger partial charge in [-0.15, -0.1) is 0 Å². The van der Waals surface area contributed by atoms with Crippen molar-refractivity contribution in [2.75, 3.05) is 0 Å². The zero-order valence-corrected chi connectivity index (χ0v) is 4.68. The molecule has 0 aromatic rings. The maximum absolute atomic E-state index is 9.75. The van der Waals surface area contributed by atoms with Crippen molar-refractivity contribution in [1.29, 1.82) is 0 Å². The summed E-state index contributed by atoms with van der Waals surface area (Å²) in [7, 11) is 0. The van der Waals surface area contributed by atoms with E-state index >= 15 is 0 Å². The van der Waals surface area contributed by atoms with E-state index in [2.05, 4.69) is 16.2 Å². The minimum Gasteiger partial charge on any atom is -0.410 e. The topological polar surface area (TPSA) is 52.3 Å². The van der Waals surface area contributed by atoms with Crippen molar-refractivity contribution in [1.82, 2.24) is 0 Å². The Bertz CT molecular complexity index is 137. The van der Waals surface area contributed by atoms with E-state index in [1.54, 1.807) is 0 Å². The molecule has 8 heavy (non-hydrogen) atoms. The third-order valence-electron chi connectivity index (χ3n) is 0.306. The number of carbonyl (C=O) groups excluding carboxylic acids is 1. The van der Waals surface area contributed by atoms with Crippen molar-refractivity contribution in [2.45, 2.75) is 0 Å². The summed E-state index contributed by atoms with van der Waals surface area (Å²) in [5.41, 5.74) is 7.89. The van der Waals surface area contributed by atoms with E-state index in [1.807, 2.05) is 0 Å². The number of amides is 1. The van der Waals surface area contributed by atoms with Crippen LogP contribution in [0.25, 0.3) is 0 Å². The third kappa shape index (κ3) is 5.08. The van der Waals surface area contributed by atoms with Crippen LogP contribution in [-0.2, 0) is 4.74 Å². The highest BCUT2D eigenvalue weighted by atomic mass is 35.5. The Hall–Kier alpha value is -0.920. The highest BCUT2D eigenvalue weighted by Crippen LogP contribution is 1.75. The van der Waals surface area contributed by atoms with Crippen LogP contribution in [0.3, 0.4) is 0 Å². The van der Waals surface area contributed by atoms with Gasteiger partial charge in [0.25, 0.3) is 0 Å². The van der Waals surface area contributed by atoms with E-state index in [4.69, 9.17) is 11.6 Å². The molecule has 0 saturated heterocycles. The monoisotopic (exact) mass is 133 g/mol. The van der Waals surface area contributed by atoms with Gasteiger partial charge >= 0.3 is 6.09 Å². The van der Waals surface area contributed by atoms with Crippen molar-refractivity contribution >= 4 is 17.7 Å². The van der Waals surface area contributed by atoms with Crippen molar-refractivity contribution in [3.63, 3.8) is 0 Å². The summed E-state index contributed by atoms with van der Waals surface area (Å²) >= 11 is 4.99. The van der Waals surface area contributed by atoms with Gasteiger partial charge in [0.15, 0.2) is 0 Å². The normalized spacial score (nSPS) is 6.62. The van der Waals surface area contributed by atoms with Crippen molar-refractivity contribution in [2.24, 2.45) is 5.73 Å². The summed E-state index contributed by atoms with van der Waals surface area (Å²) in [6.07, 6.45) is 0.0889. The first kappa shape index (κ1) is 7.08. The molecule has 0 aromatic carbocycles. The zero-order chi connectivity index (χ0) is 6.41. The molecule has 0 heterocycles. The molecule has 44 valence electrons. The minimum absolute atomic E-state index is 0.879. The lowest BCUT2D eigenvalue weighted by atomic mass is 10.9. The third-order valence-corrected chi connectivity index (χ3v) is 0.432.